The van der Waals surface area contributed by atoms with Gasteiger partial charge in [0.1, 0.15) is 42.7 Å². The van der Waals surface area contributed by atoms with Crippen molar-refractivity contribution in [3.63, 3.8) is 0 Å². The summed E-state index contributed by atoms with van der Waals surface area (Å²) in [7, 11) is 1.70. The fourth-order valence-electron chi connectivity index (χ4n) is 8.02. The lowest BCUT2D eigenvalue weighted by atomic mass is 10.0. The number of amides is 3. The van der Waals surface area contributed by atoms with Gasteiger partial charge in [-0.1, -0.05) is 26.0 Å². The number of hydrogen-bond acceptors (Lipinski definition) is 28. The smallest absolute Gasteiger partial charge is 0.246 e. The average Bonchev–Trinajstić information content (AvgIpc) is 3.34. The molecule has 1 aromatic rings. The molecule has 3 amide bonds. The lowest BCUT2D eigenvalue weighted by molar-refractivity contribution is -0.131. The van der Waals surface area contributed by atoms with Crippen LogP contribution in [0.4, 0.5) is 5.69 Å². The monoisotopic (exact) mass is 1290 g/mol. The summed E-state index contributed by atoms with van der Waals surface area (Å²) in [5, 5.41) is 119. The van der Waals surface area contributed by atoms with E-state index in [0.717, 1.165) is 0 Å². The van der Waals surface area contributed by atoms with Crippen LogP contribution >= 0.6 is 0 Å². The van der Waals surface area contributed by atoms with Crippen molar-refractivity contribution >= 4 is 23.4 Å². The molecule has 10 atom stereocenters. The van der Waals surface area contributed by atoms with Crippen molar-refractivity contribution in [3.05, 3.63) is 29.8 Å². The van der Waals surface area contributed by atoms with Gasteiger partial charge in [-0.05, 0) is 49.9 Å². The molecule has 31 nitrogen and oxygen atoms in total. The minimum Gasteiger partial charge on any atom is -0.394 e. The third-order valence-electron chi connectivity index (χ3n) is 13.2. The van der Waals surface area contributed by atoms with E-state index in [1.54, 1.807) is 31.3 Å². The van der Waals surface area contributed by atoms with Crippen LogP contribution in [0.15, 0.2) is 24.3 Å². The Labute approximate surface area is 523 Å². The number of carbonyl (C=O) groups excluding carboxylic acids is 3. The zero-order chi connectivity index (χ0) is 65.7. The number of aliphatic hydroxyl groups excluding tert-OH is 11. The fraction of sp³-hybridized carbons (Fsp3) is 0.845. The summed E-state index contributed by atoms with van der Waals surface area (Å²) in [5.74, 6) is -0.749. The molecule has 0 fully saturated rings. The molecule has 89 heavy (non-hydrogen) atoms. The molecular weight excluding hydrogens is 1180 g/mol. The molecule has 0 aliphatic heterocycles. The molecule has 0 radical (unpaired) electrons. The largest absolute Gasteiger partial charge is 0.394 e. The molecule has 522 valence electrons. The summed E-state index contributed by atoms with van der Waals surface area (Å²) < 4.78 is 66.1. The normalized spacial score (nSPS) is 15.3. The predicted molar refractivity (Wildman–Crippen MR) is 321 cm³/mol. The number of benzene rings is 1. The van der Waals surface area contributed by atoms with E-state index in [2.05, 4.69) is 21.3 Å². The van der Waals surface area contributed by atoms with Crippen LogP contribution in [0.25, 0.3) is 0 Å². The number of nitrogens with zero attached hydrogens (tertiary/aromatic N) is 1. The molecule has 0 saturated heterocycles. The molecule has 0 unspecified atom stereocenters. The number of hydrogen-bond donors (Lipinski definition) is 15. The van der Waals surface area contributed by atoms with Crippen molar-refractivity contribution in [1.82, 2.24) is 20.9 Å². The van der Waals surface area contributed by atoms with Gasteiger partial charge in [-0.3, -0.25) is 19.3 Å². The van der Waals surface area contributed by atoms with Crippen LogP contribution in [-0.4, -0.2) is 345 Å². The highest BCUT2D eigenvalue weighted by Gasteiger charge is 2.34. The maximum atomic E-state index is 13.2. The Morgan fingerprint density at radius 1 is 0.461 bits per heavy atom. The van der Waals surface area contributed by atoms with Gasteiger partial charge in [-0.15, -0.1) is 0 Å². The molecule has 0 aromatic heterocycles. The third-order valence-corrected chi connectivity index (χ3v) is 13.2. The quantitative estimate of drug-likeness (QED) is 0.0271. The topological polar surface area (TPSA) is 436 Å². The standard InChI is InChI=1S/C58H109N5O26/c1-43(2)52(59-3)58(77)62-46(57(76)61-45-9-7-44(40-64)8-10-45)6-4-5-12-60-51(71)11-14-78-16-18-80-20-22-82-24-26-84-28-30-86-32-34-88-36-37-89-35-33-87-31-29-85-27-25-83-23-21-81-19-17-79-15-13-63(38-47(67)53(72)55(74)49(69)41-65)39-48(68)54(73)56(75)50(70)42-66/h7-10,43,46-50,52-56,59,64-70,72-75H,4-6,11-42H2,1-3H3,(H,60,71)(H,61,76)(H,62,77)/t46-,47-,48-,49+,50+,52-,53+,54+,55+,56+/m0/s1. The highest BCUT2D eigenvalue weighted by atomic mass is 16.6. The van der Waals surface area contributed by atoms with Gasteiger partial charge in [0, 0.05) is 38.3 Å². The molecule has 0 aliphatic carbocycles. The van der Waals surface area contributed by atoms with Gasteiger partial charge in [0.15, 0.2) is 0 Å². The molecule has 1 aromatic carbocycles. The molecule has 0 aliphatic rings. The average molecular weight is 1290 g/mol. The van der Waals surface area contributed by atoms with E-state index in [4.69, 9.17) is 67.1 Å². The number of nitrogens with one attached hydrogen (secondary N) is 4. The number of carbonyl (C=O) groups is 3. The van der Waals surface area contributed by atoms with Crippen molar-refractivity contribution in [2.45, 2.75) is 107 Å². The van der Waals surface area contributed by atoms with Gasteiger partial charge in [0.2, 0.25) is 17.7 Å². The van der Waals surface area contributed by atoms with Crippen molar-refractivity contribution in [1.29, 1.82) is 0 Å². The van der Waals surface area contributed by atoms with Crippen molar-refractivity contribution in [2.24, 2.45) is 5.92 Å². The molecule has 1 rings (SSSR count). The van der Waals surface area contributed by atoms with Gasteiger partial charge in [-0.2, -0.15) is 0 Å². The predicted octanol–water partition coefficient (Wildman–Crippen LogP) is -5.10. The maximum absolute atomic E-state index is 13.2. The highest BCUT2D eigenvalue weighted by molar-refractivity contribution is 5.97. The lowest BCUT2D eigenvalue weighted by Gasteiger charge is -2.33. The highest BCUT2D eigenvalue weighted by Crippen LogP contribution is 2.14. The summed E-state index contributed by atoms with van der Waals surface area (Å²) in [6, 6.07) is 5.58. The number of anilines is 1. The Bertz CT molecular complexity index is 1800. The first kappa shape index (κ1) is 83.6. The van der Waals surface area contributed by atoms with Crippen molar-refractivity contribution in [3.8, 4) is 0 Å². The first-order valence-corrected chi connectivity index (χ1v) is 30.6. The number of aliphatic hydroxyl groups is 11. The van der Waals surface area contributed by atoms with Crippen molar-refractivity contribution in [2.75, 3.05) is 210 Å². The van der Waals surface area contributed by atoms with E-state index in [9.17, 15) is 60.3 Å². The van der Waals surface area contributed by atoms with Gasteiger partial charge >= 0.3 is 0 Å². The van der Waals surface area contributed by atoms with E-state index in [0.29, 0.717) is 163 Å². The Morgan fingerprint density at radius 2 is 0.809 bits per heavy atom. The molecule has 31 heteroatoms. The molecule has 0 heterocycles. The van der Waals surface area contributed by atoms with Gasteiger partial charge in [0.05, 0.1) is 197 Å². The van der Waals surface area contributed by atoms with E-state index in [-0.39, 0.29) is 76.2 Å². The van der Waals surface area contributed by atoms with Crippen molar-refractivity contribution < 1.29 is 127 Å². The summed E-state index contributed by atoms with van der Waals surface area (Å²) >= 11 is 0. The fourth-order valence-corrected chi connectivity index (χ4v) is 8.02. The summed E-state index contributed by atoms with van der Waals surface area (Å²) in [6.07, 6.45) is -12.6. The van der Waals surface area contributed by atoms with Crippen LogP contribution in [-0.2, 0) is 77.8 Å². The van der Waals surface area contributed by atoms with Crippen LogP contribution in [0.2, 0.25) is 0 Å². The van der Waals surface area contributed by atoms with E-state index >= 15 is 0 Å². The first-order chi connectivity index (χ1) is 43.0. The molecular formula is C58H109N5O26. The number of likely N-dealkylation sites (N-methyl/N-ethyl adjacent to an activating group) is 1. The maximum Gasteiger partial charge on any atom is 0.246 e. The van der Waals surface area contributed by atoms with Gasteiger partial charge in [-0.25, -0.2) is 0 Å². The van der Waals surface area contributed by atoms with Gasteiger partial charge < -0.3 is 134 Å². The molecule has 0 spiro atoms. The van der Waals surface area contributed by atoms with Crippen LogP contribution in [0.5, 0.6) is 0 Å². The molecule has 15 N–H and O–H groups in total. The summed E-state index contributed by atoms with van der Waals surface area (Å²) in [5.41, 5.74) is 1.27. The van der Waals surface area contributed by atoms with Gasteiger partial charge in [0.25, 0.3) is 0 Å². The SMILES string of the molecule is CN[C@H](C(=O)N[C@@H](CCCCNC(=O)CCOCCOCCOCCOCCOCCOCCOCCOCCOCCOCCOCCOCCN(C[C@H](O)[C@@H](O)[C@H](O)[C@H](O)CO)C[C@H](O)[C@@H](O)[C@H](O)[C@H](O)CO)C(=O)Nc1ccc(CO)cc1)C(C)C. The first-order valence-electron chi connectivity index (χ1n) is 30.6. The Hall–Kier alpha value is -3.37. The van der Waals surface area contributed by atoms with E-state index < -0.39 is 87.2 Å². The summed E-state index contributed by atoms with van der Waals surface area (Å²) in [4.78, 5) is 39.8. The molecule has 0 saturated carbocycles. The third kappa shape index (κ3) is 43.2. The minimum atomic E-state index is -1.89. The Kier molecular flexibility index (Phi) is 52.8. The summed E-state index contributed by atoms with van der Waals surface area (Å²) in [6.45, 7) is 9.98. The van der Waals surface area contributed by atoms with Crippen LogP contribution < -0.4 is 21.3 Å². The Balaban J connectivity index is 1.92. The zero-order valence-electron chi connectivity index (χ0n) is 52.4. The second kappa shape index (κ2) is 56.2. The van der Waals surface area contributed by atoms with Crippen LogP contribution in [0.3, 0.4) is 0 Å². The lowest BCUT2D eigenvalue weighted by Crippen LogP contribution is -2.53. The van der Waals surface area contributed by atoms with Crippen LogP contribution in [0, 0.1) is 5.92 Å². The second-order valence-corrected chi connectivity index (χ2v) is 20.7. The number of unbranched alkanes of at least 4 members (excludes halogenated alkanes) is 1. The minimum absolute atomic E-state index is 0.0165. The molecule has 0 bridgehead atoms. The Morgan fingerprint density at radius 3 is 1.15 bits per heavy atom. The zero-order valence-corrected chi connectivity index (χ0v) is 52.4. The van der Waals surface area contributed by atoms with E-state index in [1.165, 1.54) is 4.90 Å². The second-order valence-electron chi connectivity index (χ2n) is 20.7. The van der Waals surface area contributed by atoms with Crippen LogP contribution in [0.1, 0.15) is 45.1 Å². The number of ether oxygens (including phenoxy) is 12. The number of rotatable bonds is 63. The van der Waals surface area contributed by atoms with E-state index in [1.807, 2.05) is 13.8 Å².